The van der Waals surface area contributed by atoms with Crippen LogP contribution in [-0.2, 0) is 0 Å². The number of oxime groups is 1. The van der Waals surface area contributed by atoms with E-state index in [1.165, 1.54) is 11.1 Å². The van der Waals surface area contributed by atoms with Crippen LogP contribution < -0.4 is 0 Å². The second kappa shape index (κ2) is 8.69. The molecule has 3 heteroatoms. The lowest BCUT2D eigenvalue weighted by Gasteiger charge is -2.08. The summed E-state index contributed by atoms with van der Waals surface area (Å²) in [5, 5.41) is 11.4. The zero-order valence-corrected chi connectivity index (χ0v) is 12.0. The van der Waals surface area contributed by atoms with Crippen LogP contribution in [0, 0.1) is 0 Å². The van der Waals surface area contributed by atoms with Crippen LogP contribution in [0.15, 0.2) is 66.1 Å². The van der Waals surface area contributed by atoms with Gasteiger partial charge in [-0.25, -0.2) is 0 Å². The molecule has 108 valence electrons. The van der Waals surface area contributed by atoms with Gasteiger partial charge >= 0.3 is 0 Å². The predicted octanol–water partition coefficient (Wildman–Crippen LogP) is 4.53. The average molecular weight is 280 g/mol. The average Bonchev–Trinajstić information content (AvgIpc) is 2.56. The van der Waals surface area contributed by atoms with Crippen LogP contribution in [0.1, 0.15) is 36.8 Å². The van der Waals surface area contributed by atoms with E-state index in [2.05, 4.69) is 46.5 Å². The molecule has 2 rings (SSSR count). The molecule has 1 aromatic carbocycles. The molecule has 1 heterocycles. The van der Waals surface area contributed by atoms with Crippen LogP contribution in [0.25, 0.3) is 5.57 Å². The highest BCUT2D eigenvalue weighted by Crippen LogP contribution is 2.23. The van der Waals surface area contributed by atoms with Crippen molar-refractivity contribution in [1.29, 1.82) is 0 Å². The number of allylic oxidation sites excluding steroid dienone is 1. The summed E-state index contributed by atoms with van der Waals surface area (Å²) in [6.07, 6.45) is 11.4. The Morgan fingerprint density at radius 2 is 1.76 bits per heavy atom. The van der Waals surface area contributed by atoms with E-state index in [1.54, 1.807) is 12.4 Å². The SMILES string of the molecule is O/N=C/CCCC/C=C(/c1ccccc1)c1cccnc1. The molecule has 0 bridgehead atoms. The number of rotatable bonds is 7. The smallest absolute Gasteiger partial charge is 0.0435 e. The van der Waals surface area contributed by atoms with Crippen molar-refractivity contribution < 1.29 is 5.21 Å². The number of unbranched alkanes of at least 4 members (excludes halogenated alkanes) is 3. The van der Waals surface area contributed by atoms with E-state index < -0.39 is 0 Å². The molecule has 0 amide bonds. The number of benzene rings is 1. The predicted molar refractivity (Wildman–Crippen MR) is 86.5 cm³/mol. The van der Waals surface area contributed by atoms with Gasteiger partial charge in [-0.15, -0.1) is 5.16 Å². The summed E-state index contributed by atoms with van der Waals surface area (Å²) in [5.74, 6) is 0. The Labute approximate surface area is 125 Å². The lowest BCUT2D eigenvalue weighted by molar-refractivity contribution is 0.320. The van der Waals surface area contributed by atoms with E-state index in [4.69, 9.17) is 5.21 Å². The molecular formula is C18H20N2O. The van der Waals surface area contributed by atoms with Gasteiger partial charge in [-0.3, -0.25) is 4.98 Å². The van der Waals surface area contributed by atoms with Gasteiger partial charge in [-0.2, -0.15) is 0 Å². The maximum absolute atomic E-state index is 8.36. The highest BCUT2D eigenvalue weighted by molar-refractivity contribution is 5.79. The summed E-state index contributed by atoms with van der Waals surface area (Å²) in [6, 6.07) is 14.4. The summed E-state index contributed by atoms with van der Waals surface area (Å²) < 4.78 is 0. The summed E-state index contributed by atoms with van der Waals surface area (Å²) in [5.41, 5.74) is 3.57. The minimum absolute atomic E-state index is 0.817. The summed E-state index contributed by atoms with van der Waals surface area (Å²) in [7, 11) is 0. The standard InChI is InChI=1S/C18H20N2O/c21-20-14-7-2-1-6-12-18(16-9-4-3-5-10-16)17-11-8-13-19-15-17/h3-5,8-15,21H,1-2,6-7H2/b18-12-,20-14+. The second-order valence-electron chi connectivity index (χ2n) is 4.81. The first-order valence-electron chi connectivity index (χ1n) is 7.23. The van der Waals surface area contributed by atoms with Gasteiger partial charge in [0.15, 0.2) is 0 Å². The summed E-state index contributed by atoms with van der Waals surface area (Å²) in [6.45, 7) is 0. The molecule has 0 unspecified atom stereocenters. The topological polar surface area (TPSA) is 45.5 Å². The van der Waals surface area contributed by atoms with Gasteiger partial charge in [-0.1, -0.05) is 42.5 Å². The van der Waals surface area contributed by atoms with Crippen molar-refractivity contribution in [3.63, 3.8) is 0 Å². The van der Waals surface area contributed by atoms with Crippen molar-refractivity contribution >= 4 is 11.8 Å². The number of hydrogen-bond donors (Lipinski definition) is 1. The van der Waals surface area contributed by atoms with Gasteiger partial charge in [0.1, 0.15) is 0 Å². The van der Waals surface area contributed by atoms with Crippen LogP contribution in [0.4, 0.5) is 0 Å². The van der Waals surface area contributed by atoms with Crippen molar-refractivity contribution in [3.05, 3.63) is 72.1 Å². The number of pyridine rings is 1. The number of aromatic nitrogens is 1. The number of nitrogens with zero attached hydrogens (tertiary/aromatic N) is 2. The quantitative estimate of drug-likeness (QED) is 0.350. The van der Waals surface area contributed by atoms with Crippen molar-refractivity contribution in [2.45, 2.75) is 25.7 Å². The van der Waals surface area contributed by atoms with Gasteiger partial charge in [0.25, 0.3) is 0 Å². The van der Waals surface area contributed by atoms with Gasteiger partial charge in [0.05, 0.1) is 0 Å². The van der Waals surface area contributed by atoms with Gasteiger partial charge < -0.3 is 5.21 Å². The van der Waals surface area contributed by atoms with E-state index in [0.29, 0.717) is 0 Å². The Balaban J connectivity index is 2.10. The molecule has 21 heavy (non-hydrogen) atoms. The Bertz CT molecular complexity index is 535. The third kappa shape index (κ3) is 4.88. The molecule has 2 aromatic rings. The fourth-order valence-electron chi connectivity index (χ4n) is 2.23. The molecule has 0 aliphatic carbocycles. The normalized spacial score (nSPS) is 11.9. The van der Waals surface area contributed by atoms with Crippen LogP contribution in [0.5, 0.6) is 0 Å². The van der Waals surface area contributed by atoms with Crippen LogP contribution >= 0.6 is 0 Å². The molecular weight excluding hydrogens is 260 g/mol. The first-order chi connectivity index (χ1) is 10.4. The second-order valence-corrected chi connectivity index (χ2v) is 4.81. The Hall–Kier alpha value is -2.42. The largest absolute Gasteiger partial charge is 0.411 e. The molecule has 1 aromatic heterocycles. The molecule has 0 atom stereocenters. The van der Waals surface area contributed by atoms with E-state index >= 15 is 0 Å². The summed E-state index contributed by atoms with van der Waals surface area (Å²) in [4.78, 5) is 4.21. The fourth-order valence-corrected chi connectivity index (χ4v) is 2.23. The monoisotopic (exact) mass is 280 g/mol. The maximum Gasteiger partial charge on any atom is 0.0435 e. The minimum atomic E-state index is 0.817. The zero-order chi connectivity index (χ0) is 14.8. The lowest BCUT2D eigenvalue weighted by atomic mass is 9.97. The Morgan fingerprint density at radius 3 is 2.48 bits per heavy atom. The molecule has 1 N–H and O–H groups in total. The van der Waals surface area contributed by atoms with E-state index in [9.17, 15) is 0 Å². The van der Waals surface area contributed by atoms with Crippen LogP contribution in [-0.4, -0.2) is 16.4 Å². The van der Waals surface area contributed by atoms with Crippen molar-refractivity contribution in [2.75, 3.05) is 0 Å². The van der Waals surface area contributed by atoms with Crippen molar-refractivity contribution in [3.8, 4) is 0 Å². The molecule has 0 saturated heterocycles. The van der Waals surface area contributed by atoms with Gasteiger partial charge in [0.2, 0.25) is 0 Å². The van der Waals surface area contributed by atoms with Crippen molar-refractivity contribution in [1.82, 2.24) is 4.98 Å². The molecule has 0 aliphatic rings. The minimum Gasteiger partial charge on any atom is -0.411 e. The van der Waals surface area contributed by atoms with E-state index in [-0.39, 0.29) is 0 Å². The molecule has 3 nitrogen and oxygen atoms in total. The fraction of sp³-hybridized carbons (Fsp3) is 0.222. The third-order valence-electron chi connectivity index (χ3n) is 3.27. The lowest BCUT2D eigenvalue weighted by Crippen LogP contribution is -1.89. The molecule has 0 radical (unpaired) electrons. The Kier molecular flexibility index (Phi) is 6.20. The van der Waals surface area contributed by atoms with E-state index in [0.717, 1.165) is 31.2 Å². The highest BCUT2D eigenvalue weighted by Gasteiger charge is 2.03. The van der Waals surface area contributed by atoms with Crippen molar-refractivity contribution in [2.24, 2.45) is 5.16 Å². The maximum atomic E-state index is 8.36. The Morgan fingerprint density at radius 1 is 1.00 bits per heavy atom. The highest BCUT2D eigenvalue weighted by atomic mass is 16.4. The van der Waals surface area contributed by atoms with E-state index in [1.807, 2.05) is 18.3 Å². The van der Waals surface area contributed by atoms with Crippen LogP contribution in [0.3, 0.4) is 0 Å². The number of hydrogen-bond acceptors (Lipinski definition) is 3. The van der Waals surface area contributed by atoms with Crippen LogP contribution in [0.2, 0.25) is 0 Å². The zero-order valence-electron chi connectivity index (χ0n) is 12.0. The molecule has 0 spiro atoms. The molecule has 0 fully saturated rings. The first-order valence-corrected chi connectivity index (χ1v) is 7.23. The first kappa shape index (κ1) is 15.0. The van der Waals surface area contributed by atoms with Gasteiger partial charge in [-0.05, 0) is 42.9 Å². The summed E-state index contributed by atoms with van der Waals surface area (Å²) >= 11 is 0. The molecule has 0 aliphatic heterocycles. The molecule has 0 saturated carbocycles. The van der Waals surface area contributed by atoms with Gasteiger partial charge in [0, 0.05) is 24.2 Å². The third-order valence-corrected chi connectivity index (χ3v) is 3.27.